The Hall–Kier alpha value is -6.69. The molecule has 2 aromatic carbocycles. The lowest BCUT2D eigenvalue weighted by atomic mass is 9.95. The van der Waals surface area contributed by atoms with Crippen molar-refractivity contribution in [2.24, 2.45) is 11.8 Å². The number of ether oxygens (including phenoxy) is 3. The minimum absolute atomic E-state index is 0.0434. The largest absolute Gasteiger partial charge is 0.497 e. The van der Waals surface area contributed by atoms with E-state index in [-0.39, 0.29) is 127 Å². The Morgan fingerprint density at radius 1 is 0.683 bits per heavy atom. The Bertz CT molecular complexity index is 2290. The van der Waals surface area contributed by atoms with Crippen molar-refractivity contribution in [3.05, 3.63) is 65.7 Å². The molecular formula is C59H95N9O14+2. The number of nitrogens with one attached hydrogen (secondary N) is 7. The van der Waals surface area contributed by atoms with Crippen molar-refractivity contribution >= 4 is 53.3 Å². The molecule has 23 heteroatoms. The summed E-state index contributed by atoms with van der Waals surface area (Å²) in [6, 6.07) is 10.8. The zero-order chi connectivity index (χ0) is 60.4. The second-order valence-electron chi connectivity index (χ2n) is 22.1. The second-order valence-corrected chi connectivity index (χ2v) is 22.1. The number of methoxy groups -OCH3 is 1. The van der Waals surface area contributed by atoms with Crippen molar-refractivity contribution in [2.75, 3.05) is 40.1 Å². The van der Waals surface area contributed by atoms with E-state index in [1.54, 1.807) is 24.3 Å². The number of carboxylic acids is 2. The number of carbonyl (C=O) groups is 9. The third kappa shape index (κ3) is 30.4. The molecule has 1 aliphatic rings. The highest BCUT2D eigenvalue weighted by atomic mass is 16.5. The van der Waals surface area contributed by atoms with Crippen molar-refractivity contribution in [3.8, 4) is 5.75 Å². The van der Waals surface area contributed by atoms with Gasteiger partial charge in [-0.1, -0.05) is 76.6 Å². The summed E-state index contributed by atoms with van der Waals surface area (Å²) in [7, 11) is 1.53. The molecule has 0 spiro atoms. The average molecular weight is 1150 g/mol. The molecule has 0 radical (unpaired) electrons. The van der Waals surface area contributed by atoms with E-state index >= 15 is 0 Å². The maximum atomic E-state index is 14.0. The molecule has 0 aliphatic carbocycles. The fourth-order valence-electron chi connectivity index (χ4n) is 9.44. The Morgan fingerprint density at radius 3 is 1.90 bits per heavy atom. The number of rotatable bonds is 29. The predicted molar refractivity (Wildman–Crippen MR) is 305 cm³/mol. The van der Waals surface area contributed by atoms with Gasteiger partial charge in [-0.05, 0) is 80.5 Å². The van der Waals surface area contributed by atoms with Crippen molar-refractivity contribution in [1.29, 1.82) is 0 Å². The number of hydrogen-bond acceptors (Lipinski definition) is 12. The molecule has 2 aromatic rings. The first-order valence-corrected chi connectivity index (χ1v) is 29.1. The van der Waals surface area contributed by atoms with E-state index < -0.39 is 89.7 Å². The summed E-state index contributed by atoms with van der Waals surface area (Å²) in [4.78, 5) is 120. The molecule has 1 unspecified atom stereocenters. The van der Waals surface area contributed by atoms with Crippen LogP contribution in [0.25, 0.3) is 0 Å². The Balaban J connectivity index is 1.90. The number of carbonyl (C=O) groups excluding carboxylic acids is 7. The summed E-state index contributed by atoms with van der Waals surface area (Å²) in [5.41, 5.74) is 9.60. The van der Waals surface area contributed by atoms with E-state index in [1.807, 2.05) is 58.0 Å². The lowest BCUT2D eigenvalue weighted by Gasteiger charge is -2.26. The molecular weight excluding hydrogens is 1060 g/mol. The van der Waals surface area contributed by atoms with Crippen LogP contribution in [-0.4, -0.2) is 152 Å². The number of carboxylic acid groups (broad SMARTS) is 2. The van der Waals surface area contributed by atoms with E-state index in [2.05, 4.69) is 48.7 Å². The molecule has 23 nitrogen and oxygen atoms in total. The molecule has 458 valence electrons. The van der Waals surface area contributed by atoms with E-state index in [4.69, 9.17) is 14.2 Å². The highest BCUT2D eigenvalue weighted by molar-refractivity contribution is 5.84. The van der Waals surface area contributed by atoms with Gasteiger partial charge in [-0.3, -0.25) is 43.2 Å². The average Bonchev–Trinajstić information content (AvgIpc) is 3.43. The van der Waals surface area contributed by atoms with Gasteiger partial charge in [-0.15, -0.1) is 0 Å². The standard InChI is InChI=1S/C59H93N9O14/c1-6-39(4)50(35-59(78)79)68-56(74)31-45(27-41-17-20-48(80-5)21-18-41)65-55(73)33-47-37-82-25-13-12-24-81-36-46(66-51(69)28-42(16-10-11-23-60)62-57(75)34-49(61)38(2)3)32-54(72)64-44(26-40-14-8-7-9-15-40)30-53(71)63-43(19-22-58(76)77)29-52(70)67-47/h7-9,14-15,17-18,20-21,38-39,42-47,49-50H,6,10-13,16,19,22-37,60-61H2,1-5H3,(H,62,75)(H,63,71)(H,64,72)(H,65,73)(H,66,69)(H,67,70)(H,68,74)(H,76,77)(H,78,79)/p+2/t39?,42-,43-,44-,45-,46+,47+,49+,50+/m0/s1. The van der Waals surface area contributed by atoms with Gasteiger partial charge in [0.1, 0.15) is 5.75 Å². The lowest BCUT2D eigenvalue weighted by molar-refractivity contribution is -0.429. The first-order chi connectivity index (χ1) is 39.1. The minimum Gasteiger partial charge on any atom is -0.497 e. The monoisotopic (exact) mass is 1150 g/mol. The first kappa shape index (κ1) is 69.6. The summed E-state index contributed by atoms with van der Waals surface area (Å²) in [6.07, 6.45) is 2.17. The summed E-state index contributed by atoms with van der Waals surface area (Å²) < 4.78 is 17.4. The van der Waals surface area contributed by atoms with Crippen LogP contribution in [0.4, 0.5) is 0 Å². The zero-order valence-electron chi connectivity index (χ0n) is 48.9. The van der Waals surface area contributed by atoms with Gasteiger partial charge in [-0.25, -0.2) is 0 Å². The predicted octanol–water partition coefficient (Wildman–Crippen LogP) is 1.50. The maximum absolute atomic E-state index is 14.0. The molecule has 15 N–H and O–H groups in total. The molecule has 0 bridgehead atoms. The van der Waals surface area contributed by atoms with Crippen LogP contribution in [0.3, 0.4) is 0 Å². The first-order valence-electron chi connectivity index (χ1n) is 29.1. The number of amides is 7. The van der Waals surface area contributed by atoms with E-state index in [9.17, 15) is 53.4 Å². The Labute approximate surface area is 483 Å². The second kappa shape index (κ2) is 38.9. The number of aliphatic carboxylic acids is 2. The molecule has 3 rings (SSSR count). The summed E-state index contributed by atoms with van der Waals surface area (Å²) in [6.45, 7) is 8.66. The van der Waals surface area contributed by atoms with E-state index in [1.165, 1.54) is 7.11 Å². The van der Waals surface area contributed by atoms with Gasteiger partial charge in [0.25, 0.3) is 0 Å². The van der Waals surface area contributed by atoms with Crippen LogP contribution in [0.2, 0.25) is 0 Å². The Morgan fingerprint density at radius 2 is 1.28 bits per heavy atom. The lowest BCUT2D eigenvalue weighted by Crippen LogP contribution is -2.64. The van der Waals surface area contributed by atoms with Crippen LogP contribution in [0.15, 0.2) is 54.6 Å². The van der Waals surface area contributed by atoms with Crippen LogP contribution in [0, 0.1) is 11.8 Å². The van der Waals surface area contributed by atoms with E-state index in [0.29, 0.717) is 38.0 Å². The van der Waals surface area contributed by atoms with E-state index in [0.717, 1.165) is 24.0 Å². The minimum atomic E-state index is -1.15. The molecule has 9 atom stereocenters. The van der Waals surface area contributed by atoms with Crippen molar-refractivity contribution in [2.45, 2.75) is 192 Å². The molecule has 1 saturated heterocycles. The number of quaternary nitrogens is 2. The van der Waals surface area contributed by atoms with Gasteiger partial charge in [-0.2, -0.15) is 0 Å². The zero-order valence-corrected chi connectivity index (χ0v) is 48.9. The quantitative estimate of drug-likeness (QED) is 0.0515. The van der Waals surface area contributed by atoms with Crippen molar-refractivity contribution < 1.29 is 79.0 Å². The summed E-state index contributed by atoms with van der Waals surface area (Å²) in [5, 5.41) is 39.6. The normalized spacial score (nSPS) is 19.9. The number of unbranched alkanes of at least 4 members (excludes halogenated alkanes) is 1. The van der Waals surface area contributed by atoms with Gasteiger partial charge in [0.05, 0.1) is 57.8 Å². The van der Waals surface area contributed by atoms with Gasteiger partial charge >= 0.3 is 11.9 Å². The SMILES string of the molecule is CCC(C)[C@@H](CC(=O)O)NC(=O)C[C@H](Cc1ccc(OC)cc1)NC(=O)C[C@@H]1COCCCCOC[C@H](NC(=O)C[C@H](CCCC[NH3+])NC(=O)C[C@@H]([NH3+])C(C)C)CC(=O)N[C@@H](Cc2ccccc2)CC(=O)N[C@@H](CCC(=O)O)CC(=O)N1. The highest BCUT2D eigenvalue weighted by Gasteiger charge is 2.29. The number of benzene rings is 2. The maximum Gasteiger partial charge on any atom is 0.305 e. The summed E-state index contributed by atoms with van der Waals surface area (Å²) in [5.74, 6) is -4.80. The molecule has 1 aliphatic heterocycles. The van der Waals surface area contributed by atoms with Gasteiger partial charge < -0.3 is 73.1 Å². The van der Waals surface area contributed by atoms with Gasteiger partial charge in [0.15, 0.2) is 0 Å². The van der Waals surface area contributed by atoms with Crippen LogP contribution in [0.5, 0.6) is 5.75 Å². The molecule has 1 fully saturated rings. The van der Waals surface area contributed by atoms with Crippen LogP contribution < -0.4 is 53.4 Å². The molecule has 82 heavy (non-hydrogen) atoms. The van der Waals surface area contributed by atoms with Crippen LogP contribution in [0.1, 0.15) is 142 Å². The topological polar surface area (TPSA) is 361 Å². The van der Waals surface area contributed by atoms with Gasteiger partial charge in [0, 0.05) is 94.3 Å². The fraction of sp³-hybridized carbons (Fsp3) is 0.644. The van der Waals surface area contributed by atoms with Crippen LogP contribution in [-0.2, 0) is 65.5 Å². The smallest absolute Gasteiger partial charge is 0.305 e. The van der Waals surface area contributed by atoms with Crippen molar-refractivity contribution in [3.63, 3.8) is 0 Å². The molecule has 0 saturated carbocycles. The van der Waals surface area contributed by atoms with Crippen LogP contribution >= 0.6 is 0 Å². The Kier molecular flexibility index (Phi) is 33.0. The highest BCUT2D eigenvalue weighted by Crippen LogP contribution is 2.17. The fourth-order valence-corrected chi connectivity index (χ4v) is 9.44. The molecule has 0 aromatic heterocycles. The van der Waals surface area contributed by atoms with Crippen molar-refractivity contribution in [1.82, 2.24) is 37.2 Å². The summed E-state index contributed by atoms with van der Waals surface area (Å²) >= 11 is 0. The van der Waals surface area contributed by atoms with Gasteiger partial charge in [0.2, 0.25) is 41.4 Å². The third-order valence-electron chi connectivity index (χ3n) is 14.4. The third-order valence-corrected chi connectivity index (χ3v) is 14.4. The number of hydrogen-bond donors (Lipinski definition) is 11. The molecule has 7 amide bonds. The molecule has 1 heterocycles.